The lowest BCUT2D eigenvalue weighted by molar-refractivity contribution is 0.296. The van der Waals surface area contributed by atoms with Crippen LogP contribution in [0.15, 0.2) is 36.5 Å². The van der Waals surface area contributed by atoms with Crippen molar-refractivity contribution in [2.45, 2.75) is 33.2 Å². The lowest BCUT2D eigenvalue weighted by Crippen LogP contribution is -2.13. The van der Waals surface area contributed by atoms with Gasteiger partial charge in [0, 0.05) is 29.2 Å². The second-order valence-electron chi connectivity index (χ2n) is 5.48. The fourth-order valence-corrected chi connectivity index (χ4v) is 2.17. The van der Waals surface area contributed by atoms with E-state index in [1.54, 1.807) is 6.20 Å². The van der Waals surface area contributed by atoms with Gasteiger partial charge in [-0.25, -0.2) is 4.98 Å². The Kier molecular flexibility index (Phi) is 6.41. The van der Waals surface area contributed by atoms with Crippen molar-refractivity contribution in [3.8, 4) is 6.01 Å². The zero-order valence-corrected chi connectivity index (χ0v) is 14.5. The van der Waals surface area contributed by atoms with Crippen LogP contribution in [-0.4, -0.2) is 22.6 Å². The highest BCUT2D eigenvalue weighted by atomic mass is 35.5. The molecule has 23 heavy (non-hydrogen) atoms. The molecule has 0 atom stereocenters. The van der Waals surface area contributed by atoms with Crippen molar-refractivity contribution in [3.63, 3.8) is 0 Å². The molecule has 0 aliphatic heterocycles. The number of rotatable bonds is 7. The van der Waals surface area contributed by atoms with Gasteiger partial charge in [0.2, 0.25) is 0 Å². The maximum atomic E-state index is 5.88. The lowest BCUT2D eigenvalue weighted by atomic mass is 10.2. The third kappa shape index (κ3) is 5.57. The van der Waals surface area contributed by atoms with Crippen LogP contribution in [0.1, 0.15) is 31.9 Å². The monoisotopic (exact) mass is 331 g/mol. The Hall–Kier alpha value is -2.07. The number of hydrogen-bond acceptors (Lipinski definition) is 4. The first-order chi connectivity index (χ1) is 11.1. The fourth-order valence-electron chi connectivity index (χ4n) is 2.05. The molecule has 0 unspecified atom stereocenters. The summed E-state index contributed by atoms with van der Waals surface area (Å²) in [5.74, 6) is 0.787. The Balaban J connectivity index is 2.00. The van der Waals surface area contributed by atoms with Crippen molar-refractivity contribution in [2.75, 3.05) is 11.9 Å². The van der Waals surface area contributed by atoms with Gasteiger partial charge in [0.1, 0.15) is 5.82 Å². The highest BCUT2D eigenvalue weighted by molar-refractivity contribution is 6.30. The highest BCUT2D eigenvalue weighted by Crippen LogP contribution is 2.18. The zero-order valence-electron chi connectivity index (χ0n) is 13.7. The molecule has 0 amide bonds. The van der Waals surface area contributed by atoms with Gasteiger partial charge in [0.15, 0.2) is 0 Å². The predicted molar refractivity (Wildman–Crippen MR) is 96.1 cm³/mol. The van der Waals surface area contributed by atoms with Gasteiger partial charge < -0.3 is 10.1 Å². The average molecular weight is 332 g/mol. The molecule has 0 aliphatic carbocycles. The minimum absolute atomic E-state index is 0.288. The quantitative estimate of drug-likeness (QED) is 0.805. The molecule has 0 spiro atoms. The molecule has 0 saturated carbocycles. The molecule has 2 rings (SSSR count). The van der Waals surface area contributed by atoms with E-state index in [0.717, 1.165) is 22.8 Å². The Bertz CT molecular complexity index is 654. The summed E-state index contributed by atoms with van der Waals surface area (Å²) in [5, 5.41) is 4.05. The summed E-state index contributed by atoms with van der Waals surface area (Å²) in [6.45, 7) is 6.63. The number of hydrogen-bond donors (Lipinski definition) is 1. The summed E-state index contributed by atoms with van der Waals surface area (Å²) in [5.41, 5.74) is 2.12. The summed E-state index contributed by atoms with van der Waals surface area (Å²) in [4.78, 5) is 8.72. The highest BCUT2D eigenvalue weighted by Gasteiger charge is 2.07. The first kappa shape index (κ1) is 17.3. The number of benzene rings is 1. The van der Waals surface area contributed by atoms with Crippen LogP contribution in [-0.2, 0) is 6.42 Å². The normalized spacial score (nSPS) is 11.2. The smallest absolute Gasteiger partial charge is 0.318 e. The summed E-state index contributed by atoms with van der Waals surface area (Å²) in [6.07, 6.45) is 6.49. The van der Waals surface area contributed by atoms with Crippen molar-refractivity contribution in [3.05, 3.63) is 52.7 Å². The van der Waals surface area contributed by atoms with Gasteiger partial charge in [-0.3, -0.25) is 0 Å². The van der Waals surface area contributed by atoms with Gasteiger partial charge >= 0.3 is 6.01 Å². The van der Waals surface area contributed by atoms with Crippen molar-refractivity contribution in [1.82, 2.24) is 9.97 Å². The van der Waals surface area contributed by atoms with Crippen LogP contribution < -0.4 is 10.1 Å². The summed E-state index contributed by atoms with van der Waals surface area (Å²) in [7, 11) is 0. The molecule has 1 aromatic heterocycles. The van der Waals surface area contributed by atoms with E-state index in [-0.39, 0.29) is 6.04 Å². The van der Waals surface area contributed by atoms with Crippen molar-refractivity contribution in [2.24, 2.45) is 0 Å². The van der Waals surface area contributed by atoms with Gasteiger partial charge in [0.05, 0.1) is 6.61 Å². The molecule has 1 heterocycles. The molecule has 122 valence electrons. The van der Waals surface area contributed by atoms with E-state index < -0.39 is 0 Å². The Morgan fingerprint density at radius 1 is 1.26 bits per heavy atom. The SMILES string of the molecule is C/C=C\c1cnc(OCCc2ccc(Cl)cc2)nc1NC(C)C. The van der Waals surface area contributed by atoms with Crippen LogP contribution in [0.5, 0.6) is 6.01 Å². The van der Waals surface area contributed by atoms with Gasteiger partial charge in [-0.1, -0.05) is 35.9 Å². The number of nitrogens with one attached hydrogen (secondary N) is 1. The van der Waals surface area contributed by atoms with E-state index >= 15 is 0 Å². The molecular formula is C18H22ClN3O. The molecule has 1 N–H and O–H groups in total. The van der Waals surface area contributed by atoms with Crippen molar-refractivity contribution < 1.29 is 4.74 Å². The number of ether oxygens (including phenoxy) is 1. The Morgan fingerprint density at radius 3 is 2.65 bits per heavy atom. The summed E-state index contributed by atoms with van der Waals surface area (Å²) >= 11 is 5.88. The maximum Gasteiger partial charge on any atom is 0.318 e. The topological polar surface area (TPSA) is 47.0 Å². The summed E-state index contributed by atoms with van der Waals surface area (Å²) in [6, 6.07) is 8.42. The largest absolute Gasteiger partial charge is 0.463 e. The third-order valence-electron chi connectivity index (χ3n) is 3.10. The van der Waals surface area contributed by atoms with Crippen LogP contribution in [0, 0.1) is 0 Å². The molecular weight excluding hydrogens is 310 g/mol. The van der Waals surface area contributed by atoms with E-state index in [1.165, 1.54) is 5.56 Å². The molecule has 0 saturated heterocycles. The average Bonchev–Trinajstić information content (AvgIpc) is 2.51. The number of nitrogens with zero attached hydrogens (tertiary/aromatic N) is 2. The van der Waals surface area contributed by atoms with Crippen LogP contribution >= 0.6 is 11.6 Å². The standard InChI is InChI=1S/C18H22ClN3O/c1-4-5-15-12-20-18(22-17(15)21-13(2)3)23-11-10-14-6-8-16(19)9-7-14/h4-9,12-13H,10-11H2,1-3H3,(H,20,21,22)/b5-4-. The predicted octanol–water partition coefficient (Wildman–Crippen LogP) is 4.60. The molecule has 2 aromatic rings. The number of halogens is 1. The van der Waals surface area contributed by atoms with Gasteiger partial charge in [-0.15, -0.1) is 0 Å². The molecule has 4 nitrogen and oxygen atoms in total. The van der Waals surface area contributed by atoms with E-state index in [0.29, 0.717) is 12.6 Å². The first-order valence-electron chi connectivity index (χ1n) is 7.72. The van der Waals surface area contributed by atoms with Gasteiger partial charge in [0.25, 0.3) is 0 Å². The molecule has 0 bridgehead atoms. The second-order valence-corrected chi connectivity index (χ2v) is 5.92. The lowest BCUT2D eigenvalue weighted by Gasteiger charge is -2.13. The molecule has 0 radical (unpaired) electrons. The zero-order chi connectivity index (χ0) is 16.7. The number of aromatic nitrogens is 2. The van der Waals surface area contributed by atoms with Crippen LogP contribution in [0.4, 0.5) is 5.82 Å². The van der Waals surface area contributed by atoms with Crippen LogP contribution in [0.3, 0.4) is 0 Å². The van der Waals surface area contributed by atoms with E-state index in [2.05, 4.69) is 29.1 Å². The molecule has 0 aliphatic rings. The number of allylic oxidation sites excluding steroid dienone is 1. The van der Waals surface area contributed by atoms with Crippen molar-refractivity contribution >= 4 is 23.5 Å². The molecule has 1 aromatic carbocycles. The third-order valence-corrected chi connectivity index (χ3v) is 3.35. The molecule has 5 heteroatoms. The van der Waals surface area contributed by atoms with Crippen LogP contribution in [0.2, 0.25) is 5.02 Å². The Morgan fingerprint density at radius 2 is 2.00 bits per heavy atom. The molecule has 0 fully saturated rings. The van der Waals surface area contributed by atoms with E-state index in [9.17, 15) is 0 Å². The first-order valence-corrected chi connectivity index (χ1v) is 8.10. The fraction of sp³-hybridized carbons (Fsp3) is 0.333. The van der Waals surface area contributed by atoms with Crippen molar-refractivity contribution in [1.29, 1.82) is 0 Å². The minimum atomic E-state index is 0.288. The number of anilines is 1. The maximum absolute atomic E-state index is 5.88. The second kappa shape index (κ2) is 8.53. The van der Waals surface area contributed by atoms with Gasteiger partial charge in [-0.2, -0.15) is 4.98 Å². The van der Waals surface area contributed by atoms with E-state index in [1.807, 2.05) is 43.3 Å². The Labute approximate surface area is 142 Å². The van der Waals surface area contributed by atoms with Crippen LogP contribution in [0.25, 0.3) is 6.08 Å². The van der Waals surface area contributed by atoms with Gasteiger partial charge in [-0.05, 0) is 38.5 Å². The minimum Gasteiger partial charge on any atom is -0.463 e. The van der Waals surface area contributed by atoms with E-state index in [4.69, 9.17) is 16.3 Å². The summed E-state index contributed by atoms with van der Waals surface area (Å²) < 4.78 is 5.68.